The summed E-state index contributed by atoms with van der Waals surface area (Å²) < 4.78 is 18.2. The van der Waals surface area contributed by atoms with Crippen molar-refractivity contribution in [1.29, 1.82) is 0 Å². The van der Waals surface area contributed by atoms with Gasteiger partial charge in [-0.2, -0.15) is 0 Å². The smallest absolute Gasteiger partial charge is 0.220 e. The lowest BCUT2D eigenvalue weighted by molar-refractivity contribution is -0.121. The van der Waals surface area contributed by atoms with Crippen LogP contribution in [0.3, 0.4) is 0 Å². The van der Waals surface area contributed by atoms with E-state index in [1.807, 2.05) is 0 Å². The fourth-order valence-corrected chi connectivity index (χ4v) is 1.56. The van der Waals surface area contributed by atoms with Crippen molar-refractivity contribution in [2.75, 3.05) is 13.7 Å². The van der Waals surface area contributed by atoms with E-state index in [2.05, 4.69) is 5.32 Å². The molecular weight excluding hydrogens is 235 g/mol. The molecule has 100 valence electrons. The monoisotopic (exact) mass is 254 g/mol. The van der Waals surface area contributed by atoms with Gasteiger partial charge in [-0.05, 0) is 30.7 Å². The number of methoxy groups -OCH3 is 1. The van der Waals surface area contributed by atoms with E-state index in [0.29, 0.717) is 31.5 Å². The molecule has 1 aromatic carbocycles. The molecule has 0 aliphatic carbocycles. The summed E-state index contributed by atoms with van der Waals surface area (Å²) >= 11 is 0. The molecule has 1 aromatic rings. The number of halogens is 1. The van der Waals surface area contributed by atoms with Crippen LogP contribution < -0.4 is 11.1 Å². The van der Waals surface area contributed by atoms with E-state index in [1.165, 1.54) is 13.2 Å². The van der Waals surface area contributed by atoms with Gasteiger partial charge in [0.15, 0.2) is 0 Å². The number of carbonyl (C=O) groups excluding carboxylic acids is 1. The van der Waals surface area contributed by atoms with Gasteiger partial charge in [-0.1, -0.05) is 6.07 Å². The van der Waals surface area contributed by atoms with Crippen LogP contribution in [-0.4, -0.2) is 19.6 Å². The summed E-state index contributed by atoms with van der Waals surface area (Å²) in [6.07, 6.45) is 1.09. The Bertz CT molecular complexity index is 397. The largest absolute Gasteiger partial charge is 0.380 e. The highest BCUT2D eigenvalue weighted by molar-refractivity contribution is 5.75. The molecule has 0 heterocycles. The van der Waals surface area contributed by atoms with Crippen LogP contribution in [0.5, 0.6) is 0 Å². The van der Waals surface area contributed by atoms with Crippen LogP contribution >= 0.6 is 0 Å². The van der Waals surface area contributed by atoms with E-state index < -0.39 is 0 Å². The van der Waals surface area contributed by atoms with Gasteiger partial charge in [-0.3, -0.25) is 4.79 Å². The summed E-state index contributed by atoms with van der Waals surface area (Å²) in [6.45, 7) is 1.11. The topological polar surface area (TPSA) is 64.3 Å². The first-order chi connectivity index (χ1) is 8.67. The van der Waals surface area contributed by atoms with Crippen molar-refractivity contribution < 1.29 is 13.9 Å². The molecule has 18 heavy (non-hydrogen) atoms. The molecular formula is C13H19FN2O2. The number of nitrogens with one attached hydrogen (secondary N) is 1. The predicted molar refractivity (Wildman–Crippen MR) is 67.2 cm³/mol. The van der Waals surface area contributed by atoms with Gasteiger partial charge in [0, 0.05) is 25.6 Å². The molecule has 4 nitrogen and oxygen atoms in total. The molecule has 0 atom stereocenters. The first-order valence-electron chi connectivity index (χ1n) is 5.90. The lowest BCUT2D eigenvalue weighted by atomic mass is 10.1. The Hall–Kier alpha value is -1.46. The molecule has 1 amide bonds. The van der Waals surface area contributed by atoms with Crippen LogP contribution in [0.2, 0.25) is 0 Å². The SMILES string of the molecule is COCc1cc(CNC(=O)CCCN)ccc1F. The number of carbonyl (C=O) groups is 1. The second-order valence-corrected chi connectivity index (χ2v) is 4.03. The summed E-state index contributed by atoms with van der Waals surface area (Å²) in [4.78, 5) is 11.4. The second kappa shape index (κ2) is 7.79. The molecule has 0 saturated carbocycles. The second-order valence-electron chi connectivity index (χ2n) is 4.03. The summed E-state index contributed by atoms with van der Waals surface area (Å²) in [5.74, 6) is -0.340. The lowest BCUT2D eigenvalue weighted by Gasteiger charge is -2.08. The van der Waals surface area contributed by atoms with Gasteiger partial charge < -0.3 is 15.8 Å². The standard InChI is InChI=1S/C13H19FN2O2/c1-18-9-11-7-10(4-5-12(11)14)8-16-13(17)3-2-6-15/h4-5,7H,2-3,6,8-9,15H2,1H3,(H,16,17). The van der Waals surface area contributed by atoms with Gasteiger partial charge in [0.2, 0.25) is 5.91 Å². The maximum atomic E-state index is 13.3. The molecule has 3 N–H and O–H groups in total. The van der Waals surface area contributed by atoms with Gasteiger partial charge in [0.25, 0.3) is 0 Å². The van der Waals surface area contributed by atoms with Gasteiger partial charge in [-0.25, -0.2) is 4.39 Å². The van der Waals surface area contributed by atoms with E-state index in [0.717, 1.165) is 5.56 Å². The van der Waals surface area contributed by atoms with Crippen molar-refractivity contribution in [3.8, 4) is 0 Å². The zero-order chi connectivity index (χ0) is 13.4. The summed E-state index contributed by atoms with van der Waals surface area (Å²) in [5, 5.41) is 2.76. The van der Waals surface area contributed by atoms with Gasteiger partial charge >= 0.3 is 0 Å². The van der Waals surface area contributed by atoms with Crippen molar-refractivity contribution >= 4 is 5.91 Å². The maximum absolute atomic E-state index is 13.3. The van der Waals surface area contributed by atoms with E-state index in [4.69, 9.17) is 10.5 Å². The molecule has 0 spiro atoms. The van der Waals surface area contributed by atoms with Crippen molar-refractivity contribution in [3.63, 3.8) is 0 Å². The van der Waals surface area contributed by atoms with Gasteiger partial charge in [-0.15, -0.1) is 0 Å². The van der Waals surface area contributed by atoms with Crippen LogP contribution in [0.25, 0.3) is 0 Å². The number of rotatable bonds is 7. The van der Waals surface area contributed by atoms with E-state index in [9.17, 15) is 9.18 Å². The average molecular weight is 254 g/mol. The quantitative estimate of drug-likeness (QED) is 0.771. The fraction of sp³-hybridized carbons (Fsp3) is 0.462. The molecule has 0 aliphatic heterocycles. The normalized spacial score (nSPS) is 10.4. The molecule has 0 radical (unpaired) electrons. The van der Waals surface area contributed by atoms with Gasteiger partial charge in [0.05, 0.1) is 6.61 Å². The molecule has 1 rings (SSSR count). The first kappa shape index (κ1) is 14.6. The Kier molecular flexibility index (Phi) is 6.32. The minimum Gasteiger partial charge on any atom is -0.380 e. The van der Waals surface area contributed by atoms with Crippen molar-refractivity contribution in [2.45, 2.75) is 26.0 Å². The van der Waals surface area contributed by atoms with Crippen LogP contribution in [0.1, 0.15) is 24.0 Å². The Morgan fingerprint density at radius 2 is 2.28 bits per heavy atom. The molecule has 0 saturated heterocycles. The summed E-state index contributed by atoms with van der Waals surface area (Å²) in [5.41, 5.74) is 6.66. The minimum atomic E-state index is -0.296. The Morgan fingerprint density at radius 3 is 2.94 bits per heavy atom. The third-order valence-electron chi connectivity index (χ3n) is 2.51. The number of hydrogen-bond donors (Lipinski definition) is 2. The highest BCUT2D eigenvalue weighted by atomic mass is 19.1. The maximum Gasteiger partial charge on any atom is 0.220 e. The summed E-state index contributed by atoms with van der Waals surface area (Å²) in [7, 11) is 1.51. The van der Waals surface area contributed by atoms with E-state index >= 15 is 0 Å². The molecule has 0 aliphatic rings. The average Bonchev–Trinajstić information content (AvgIpc) is 2.37. The number of hydrogen-bond acceptors (Lipinski definition) is 3. The van der Waals surface area contributed by atoms with Crippen molar-refractivity contribution in [3.05, 3.63) is 35.1 Å². The zero-order valence-corrected chi connectivity index (χ0v) is 10.5. The van der Waals surface area contributed by atoms with Crippen LogP contribution in [0, 0.1) is 5.82 Å². The highest BCUT2D eigenvalue weighted by Gasteiger charge is 2.05. The van der Waals surface area contributed by atoms with Crippen LogP contribution in [0.15, 0.2) is 18.2 Å². The van der Waals surface area contributed by atoms with E-state index in [-0.39, 0.29) is 18.3 Å². The zero-order valence-electron chi connectivity index (χ0n) is 10.5. The number of ether oxygens (including phenoxy) is 1. The van der Waals surface area contributed by atoms with E-state index in [1.54, 1.807) is 12.1 Å². The summed E-state index contributed by atoms with van der Waals surface area (Å²) in [6, 6.07) is 4.73. The molecule has 0 bridgehead atoms. The van der Waals surface area contributed by atoms with Crippen molar-refractivity contribution in [1.82, 2.24) is 5.32 Å². The number of amides is 1. The third kappa shape index (κ3) is 4.81. The van der Waals surface area contributed by atoms with Gasteiger partial charge in [0.1, 0.15) is 5.82 Å². The predicted octanol–water partition coefficient (Wildman–Crippen LogP) is 1.33. The van der Waals surface area contributed by atoms with Crippen molar-refractivity contribution in [2.24, 2.45) is 5.73 Å². The highest BCUT2D eigenvalue weighted by Crippen LogP contribution is 2.11. The molecule has 0 unspecified atom stereocenters. The fourth-order valence-electron chi connectivity index (χ4n) is 1.56. The lowest BCUT2D eigenvalue weighted by Crippen LogP contribution is -2.23. The molecule has 0 aromatic heterocycles. The minimum absolute atomic E-state index is 0.0435. The molecule has 5 heteroatoms. The first-order valence-corrected chi connectivity index (χ1v) is 5.90. The third-order valence-corrected chi connectivity index (χ3v) is 2.51. The number of nitrogens with two attached hydrogens (primary N) is 1. The van der Waals surface area contributed by atoms with Crippen LogP contribution in [0.4, 0.5) is 4.39 Å². The molecule has 0 fully saturated rings. The number of benzene rings is 1. The Morgan fingerprint density at radius 1 is 1.50 bits per heavy atom. The Balaban J connectivity index is 2.52. The Labute approximate surface area is 106 Å². The van der Waals surface area contributed by atoms with Crippen LogP contribution in [-0.2, 0) is 22.7 Å².